The first-order chi connectivity index (χ1) is 14.0. The molecule has 1 aromatic heterocycles. The molecule has 7 heteroatoms. The van der Waals surface area contributed by atoms with E-state index < -0.39 is 23.7 Å². The Bertz CT molecular complexity index is 998. The van der Waals surface area contributed by atoms with Crippen molar-refractivity contribution in [3.8, 4) is 11.5 Å². The van der Waals surface area contributed by atoms with Gasteiger partial charge < -0.3 is 19.7 Å². The third-order valence-corrected chi connectivity index (χ3v) is 5.27. The van der Waals surface area contributed by atoms with Gasteiger partial charge in [0.05, 0.1) is 18.3 Å². The van der Waals surface area contributed by atoms with Crippen LogP contribution in [0.25, 0.3) is 0 Å². The molecule has 2 N–H and O–H groups in total. The summed E-state index contributed by atoms with van der Waals surface area (Å²) >= 11 is 0. The number of likely N-dealkylation sites (tertiary alicyclic amines) is 1. The van der Waals surface area contributed by atoms with Crippen LogP contribution in [0.1, 0.15) is 29.5 Å². The van der Waals surface area contributed by atoms with Gasteiger partial charge in [0.25, 0.3) is 5.91 Å². The smallest absolute Gasteiger partial charge is 0.291 e. The summed E-state index contributed by atoms with van der Waals surface area (Å²) in [5.41, 5.74) is 1.46. The van der Waals surface area contributed by atoms with Gasteiger partial charge in [0.15, 0.2) is 0 Å². The molecule has 1 aliphatic rings. The average molecular weight is 391 g/mol. The number of aromatic nitrogens is 2. The summed E-state index contributed by atoms with van der Waals surface area (Å²) < 4.78 is 1.93. The van der Waals surface area contributed by atoms with Crippen molar-refractivity contribution in [2.24, 2.45) is 0 Å². The highest BCUT2D eigenvalue weighted by Gasteiger charge is 2.48. The second-order valence-corrected chi connectivity index (χ2v) is 7.12. The quantitative estimate of drug-likeness (QED) is 0.630. The number of benzene rings is 2. The van der Waals surface area contributed by atoms with Crippen LogP contribution in [0.4, 0.5) is 0 Å². The predicted octanol–water partition coefficient (Wildman–Crippen LogP) is 2.62. The largest absolute Gasteiger partial charge is 0.508 e. The molecule has 2 heterocycles. The van der Waals surface area contributed by atoms with Crippen molar-refractivity contribution in [1.82, 2.24) is 14.5 Å². The van der Waals surface area contributed by atoms with E-state index in [2.05, 4.69) is 4.98 Å². The molecule has 0 spiro atoms. The molecule has 1 aliphatic heterocycles. The van der Waals surface area contributed by atoms with E-state index >= 15 is 0 Å². The number of phenols is 2. The maximum Gasteiger partial charge on any atom is 0.291 e. The number of ketones is 1. The van der Waals surface area contributed by atoms with Gasteiger partial charge in [0.1, 0.15) is 11.5 Å². The van der Waals surface area contributed by atoms with Gasteiger partial charge in [-0.25, -0.2) is 4.98 Å². The maximum absolute atomic E-state index is 12.9. The molecule has 4 rings (SSSR count). The molecule has 3 aromatic rings. The third kappa shape index (κ3) is 3.71. The minimum Gasteiger partial charge on any atom is -0.508 e. The normalized spacial score (nSPS) is 19.1. The lowest BCUT2D eigenvalue weighted by Crippen LogP contribution is -2.31. The van der Waals surface area contributed by atoms with Crippen molar-refractivity contribution in [2.45, 2.75) is 24.9 Å². The van der Waals surface area contributed by atoms with E-state index in [4.69, 9.17) is 0 Å². The molecule has 2 unspecified atom stereocenters. The van der Waals surface area contributed by atoms with Crippen LogP contribution in [0, 0.1) is 0 Å². The summed E-state index contributed by atoms with van der Waals surface area (Å²) in [6, 6.07) is 12.5. The molecule has 0 saturated carbocycles. The second kappa shape index (κ2) is 7.79. The maximum atomic E-state index is 12.9. The van der Waals surface area contributed by atoms with Gasteiger partial charge in [-0.2, -0.15) is 0 Å². The fourth-order valence-electron chi connectivity index (χ4n) is 3.87. The van der Waals surface area contributed by atoms with Crippen LogP contribution >= 0.6 is 0 Å². The van der Waals surface area contributed by atoms with E-state index in [1.165, 1.54) is 12.1 Å². The molecule has 1 fully saturated rings. The van der Waals surface area contributed by atoms with Gasteiger partial charge in [0.2, 0.25) is 5.78 Å². The fraction of sp³-hybridized carbons (Fsp3) is 0.227. The minimum absolute atomic E-state index is 0.101. The fourth-order valence-corrected chi connectivity index (χ4v) is 3.87. The number of hydrogen-bond acceptors (Lipinski definition) is 5. The lowest BCUT2D eigenvalue weighted by Gasteiger charge is -2.28. The van der Waals surface area contributed by atoms with Gasteiger partial charge in [0, 0.05) is 25.5 Å². The standard InChI is InChI=1S/C22H21N3O4/c26-17-6-2-15(3-7-17)19-20(16-4-8-18(27)9-5-16)25(22(29)21(19)28)12-1-11-24-13-10-23-14-24/h2-10,13-14,19-20,26-27H,1,11-12H2. The van der Waals surface area contributed by atoms with Crippen LogP contribution in [0.5, 0.6) is 11.5 Å². The van der Waals surface area contributed by atoms with Crippen molar-refractivity contribution < 1.29 is 19.8 Å². The van der Waals surface area contributed by atoms with Crippen molar-refractivity contribution in [2.75, 3.05) is 6.54 Å². The number of phenolic OH excluding ortho intramolecular Hbond substituents is 2. The molecule has 2 aromatic carbocycles. The monoisotopic (exact) mass is 391 g/mol. The van der Waals surface area contributed by atoms with Crippen LogP contribution in [0.2, 0.25) is 0 Å². The Hall–Kier alpha value is -3.61. The SMILES string of the molecule is O=C1C(=O)N(CCCn2ccnc2)C(c2ccc(O)cc2)C1c1ccc(O)cc1. The average Bonchev–Trinajstić information content (AvgIpc) is 3.32. The predicted molar refractivity (Wildman–Crippen MR) is 105 cm³/mol. The number of amides is 1. The van der Waals surface area contributed by atoms with E-state index in [0.29, 0.717) is 25.1 Å². The van der Waals surface area contributed by atoms with Crippen molar-refractivity contribution >= 4 is 11.7 Å². The first kappa shape index (κ1) is 18.7. The molecule has 0 radical (unpaired) electrons. The van der Waals surface area contributed by atoms with Crippen LogP contribution in [0.3, 0.4) is 0 Å². The van der Waals surface area contributed by atoms with Gasteiger partial charge >= 0.3 is 0 Å². The Morgan fingerprint density at radius 1 is 0.862 bits per heavy atom. The van der Waals surface area contributed by atoms with Gasteiger partial charge in [-0.05, 0) is 41.8 Å². The molecule has 148 valence electrons. The van der Waals surface area contributed by atoms with E-state index in [-0.39, 0.29) is 11.5 Å². The lowest BCUT2D eigenvalue weighted by atomic mass is 9.86. The molecular formula is C22H21N3O4. The van der Waals surface area contributed by atoms with Crippen molar-refractivity contribution in [3.05, 3.63) is 78.4 Å². The Labute approximate surface area is 167 Å². The summed E-state index contributed by atoms with van der Waals surface area (Å²) in [5, 5.41) is 19.2. The first-order valence-corrected chi connectivity index (χ1v) is 9.43. The van der Waals surface area contributed by atoms with Crippen LogP contribution < -0.4 is 0 Å². The number of aromatic hydroxyl groups is 2. The lowest BCUT2D eigenvalue weighted by molar-refractivity contribution is -0.140. The van der Waals surface area contributed by atoms with Gasteiger partial charge in [-0.15, -0.1) is 0 Å². The number of Topliss-reactive ketones (excluding diaryl/α,β-unsaturated/α-hetero) is 1. The molecular weight excluding hydrogens is 370 g/mol. The van der Waals surface area contributed by atoms with Crippen LogP contribution in [-0.2, 0) is 16.1 Å². The molecule has 0 bridgehead atoms. The highest BCUT2D eigenvalue weighted by atomic mass is 16.3. The zero-order chi connectivity index (χ0) is 20.4. The Morgan fingerprint density at radius 3 is 2.07 bits per heavy atom. The first-order valence-electron chi connectivity index (χ1n) is 9.43. The van der Waals surface area contributed by atoms with Crippen LogP contribution in [0.15, 0.2) is 67.3 Å². The summed E-state index contributed by atoms with van der Waals surface area (Å²) in [4.78, 5) is 31.4. The summed E-state index contributed by atoms with van der Waals surface area (Å²) in [5.74, 6) is -1.41. The summed E-state index contributed by atoms with van der Waals surface area (Å²) in [6.45, 7) is 1.10. The van der Waals surface area contributed by atoms with Gasteiger partial charge in [-0.1, -0.05) is 24.3 Å². The topological polar surface area (TPSA) is 95.7 Å². The minimum atomic E-state index is -0.666. The molecule has 1 saturated heterocycles. The van der Waals surface area contributed by atoms with E-state index in [1.807, 2.05) is 10.8 Å². The highest BCUT2D eigenvalue weighted by Crippen LogP contribution is 2.43. The summed E-state index contributed by atoms with van der Waals surface area (Å²) in [6.07, 6.45) is 5.94. The van der Waals surface area contributed by atoms with E-state index in [0.717, 1.165) is 5.56 Å². The molecule has 7 nitrogen and oxygen atoms in total. The second-order valence-electron chi connectivity index (χ2n) is 7.12. The zero-order valence-corrected chi connectivity index (χ0v) is 15.7. The zero-order valence-electron chi connectivity index (χ0n) is 15.7. The number of carbonyl (C=O) groups excluding carboxylic acids is 2. The van der Waals surface area contributed by atoms with E-state index in [9.17, 15) is 19.8 Å². The van der Waals surface area contributed by atoms with Crippen molar-refractivity contribution in [3.63, 3.8) is 0 Å². The third-order valence-electron chi connectivity index (χ3n) is 5.27. The number of imidazole rings is 1. The Morgan fingerprint density at radius 2 is 1.48 bits per heavy atom. The van der Waals surface area contributed by atoms with Gasteiger partial charge in [-0.3, -0.25) is 9.59 Å². The number of carbonyl (C=O) groups is 2. The molecule has 2 atom stereocenters. The number of nitrogens with zero attached hydrogens (tertiary/aromatic N) is 3. The highest BCUT2D eigenvalue weighted by molar-refractivity contribution is 6.40. The molecule has 1 amide bonds. The Kier molecular flexibility index (Phi) is 5.03. The summed E-state index contributed by atoms with van der Waals surface area (Å²) in [7, 11) is 0. The number of rotatable bonds is 6. The number of hydrogen-bond donors (Lipinski definition) is 2. The number of aryl methyl sites for hydroxylation is 1. The molecule has 29 heavy (non-hydrogen) atoms. The van der Waals surface area contributed by atoms with Crippen LogP contribution in [-0.4, -0.2) is 42.9 Å². The Balaban J connectivity index is 1.66. The van der Waals surface area contributed by atoms with E-state index in [1.54, 1.807) is 53.8 Å². The van der Waals surface area contributed by atoms with Crippen molar-refractivity contribution in [1.29, 1.82) is 0 Å². The molecule has 0 aliphatic carbocycles.